The third-order valence-electron chi connectivity index (χ3n) is 2.84. The number of nitrogens with zero attached hydrogens (tertiary/aromatic N) is 1. The topological polar surface area (TPSA) is 34.1 Å². The minimum atomic E-state index is 0.425. The lowest BCUT2D eigenvalue weighted by molar-refractivity contribution is 0.447. The fourth-order valence-corrected chi connectivity index (χ4v) is 2.33. The Morgan fingerprint density at radius 1 is 1.30 bits per heavy atom. The summed E-state index contributed by atoms with van der Waals surface area (Å²) in [4.78, 5) is 4.33. The quantitative estimate of drug-likeness (QED) is 0.877. The smallest absolute Gasteiger partial charge is 0.223 e. The first-order chi connectivity index (χ1) is 9.56. The van der Waals surface area contributed by atoms with Crippen LogP contribution in [0.1, 0.15) is 25.0 Å². The highest BCUT2D eigenvalue weighted by Gasteiger charge is 2.09. The Hall–Kier alpha value is -1.39. The highest BCUT2D eigenvalue weighted by atomic mass is 79.9. The molecule has 1 aromatic heterocycles. The van der Waals surface area contributed by atoms with Crippen LogP contribution in [0, 0.1) is 6.92 Å². The normalized spacial score (nSPS) is 10.8. The SMILES string of the molecule is Cc1ccc(Oc2ncccc2CNC(C)C)c(Br)c1. The van der Waals surface area contributed by atoms with Gasteiger partial charge in [0, 0.05) is 24.3 Å². The summed E-state index contributed by atoms with van der Waals surface area (Å²) >= 11 is 3.52. The Morgan fingerprint density at radius 2 is 2.10 bits per heavy atom. The van der Waals surface area contributed by atoms with Crippen molar-refractivity contribution >= 4 is 15.9 Å². The number of aryl methyl sites for hydroxylation is 1. The fourth-order valence-electron chi connectivity index (χ4n) is 1.76. The third kappa shape index (κ3) is 4.05. The second-order valence-corrected chi connectivity index (χ2v) is 5.89. The Labute approximate surface area is 128 Å². The molecule has 1 N–H and O–H groups in total. The first kappa shape index (κ1) is 15.0. The second kappa shape index (κ2) is 6.86. The van der Waals surface area contributed by atoms with Gasteiger partial charge < -0.3 is 10.1 Å². The first-order valence-electron chi connectivity index (χ1n) is 6.67. The highest BCUT2D eigenvalue weighted by molar-refractivity contribution is 9.10. The van der Waals surface area contributed by atoms with E-state index >= 15 is 0 Å². The highest BCUT2D eigenvalue weighted by Crippen LogP contribution is 2.30. The summed E-state index contributed by atoms with van der Waals surface area (Å²) < 4.78 is 6.87. The molecule has 0 bridgehead atoms. The molecule has 4 heteroatoms. The molecule has 1 aromatic carbocycles. The van der Waals surface area contributed by atoms with Crippen molar-refractivity contribution in [2.45, 2.75) is 33.4 Å². The van der Waals surface area contributed by atoms with Gasteiger partial charge in [-0.1, -0.05) is 26.0 Å². The number of ether oxygens (including phenoxy) is 1. The van der Waals surface area contributed by atoms with E-state index in [-0.39, 0.29) is 0 Å². The van der Waals surface area contributed by atoms with Crippen LogP contribution in [0.15, 0.2) is 41.0 Å². The van der Waals surface area contributed by atoms with E-state index in [0.29, 0.717) is 11.9 Å². The van der Waals surface area contributed by atoms with E-state index in [9.17, 15) is 0 Å². The van der Waals surface area contributed by atoms with E-state index in [4.69, 9.17) is 4.74 Å². The monoisotopic (exact) mass is 334 g/mol. The van der Waals surface area contributed by atoms with Crippen LogP contribution in [0.4, 0.5) is 0 Å². The molecule has 0 saturated carbocycles. The van der Waals surface area contributed by atoms with Gasteiger partial charge >= 0.3 is 0 Å². The average molecular weight is 335 g/mol. The number of hydrogen-bond acceptors (Lipinski definition) is 3. The summed E-state index contributed by atoms with van der Waals surface area (Å²) in [6, 6.07) is 10.4. The molecule has 0 unspecified atom stereocenters. The number of pyridine rings is 1. The van der Waals surface area contributed by atoms with Gasteiger partial charge in [-0.2, -0.15) is 0 Å². The van der Waals surface area contributed by atoms with Crippen molar-refractivity contribution < 1.29 is 4.74 Å². The number of aromatic nitrogens is 1. The minimum absolute atomic E-state index is 0.425. The number of nitrogens with one attached hydrogen (secondary N) is 1. The Kier molecular flexibility index (Phi) is 5.15. The molecule has 0 aliphatic carbocycles. The van der Waals surface area contributed by atoms with Crippen molar-refractivity contribution in [3.8, 4) is 11.6 Å². The van der Waals surface area contributed by atoms with Gasteiger partial charge in [0.1, 0.15) is 5.75 Å². The number of halogens is 1. The van der Waals surface area contributed by atoms with E-state index in [1.54, 1.807) is 6.20 Å². The molecule has 20 heavy (non-hydrogen) atoms. The van der Waals surface area contributed by atoms with Crippen LogP contribution < -0.4 is 10.1 Å². The van der Waals surface area contributed by atoms with Crippen molar-refractivity contribution in [1.29, 1.82) is 0 Å². The van der Waals surface area contributed by atoms with Crippen LogP contribution in [-0.2, 0) is 6.54 Å². The summed E-state index contributed by atoms with van der Waals surface area (Å²) in [5.74, 6) is 1.42. The molecule has 0 radical (unpaired) electrons. The maximum Gasteiger partial charge on any atom is 0.223 e. The zero-order valence-corrected chi connectivity index (χ0v) is 13.6. The van der Waals surface area contributed by atoms with E-state index in [0.717, 1.165) is 22.3 Å². The lowest BCUT2D eigenvalue weighted by Gasteiger charge is -2.13. The fraction of sp³-hybridized carbons (Fsp3) is 0.312. The van der Waals surface area contributed by atoms with Crippen LogP contribution in [0.5, 0.6) is 11.6 Å². The lowest BCUT2D eigenvalue weighted by Crippen LogP contribution is -2.22. The summed E-state index contributed by atoms with van der Waals surface area (Å²) in [6.07, 6.45) is 1.75. The van der Waals surface area contributed by atoms with E-state index < -0.39 is 0 Å². The second-order valence-electron chi connectivity index (χ2n) is 5.04. The van der Waals surface area contributed by atoms with E-state index in [2.05, 4.69) is 40.1 Å². The van der Waals surface area contributed by atoms with Gasteiger partial charge in [0.05, 0.1) is 4.47 Å². The van der Waals surface area contributed by atoms with Gasteiger partial charge in [-0.15, -0.1) is 0 Å². The predicted molar refractivity (Wildman–Crippen MR) is 85.2 cm³/mol. The zero-order chi connectivity index (χ0) is 14.5. The third-order valence-corrected chi connectivity index (χ3v) is 3.46. The van der Waals surface area contributed by atoms with Crippen molar-refractivity contribution in [3.63, 3.8) is 0 Å². The van der Waals surface area contributed by atoms with Crippen molar-refractivity contribution in [3.05, 3.63) is 52.1 Å². The molecule has 0 amide bonds. The summed E-state index contributed by atoms with van der Waals surface area (Å²) in [5.41, 5.74) is 2.24. The molecule has 0 aliphatic heterocycles. The van der Waals surface area contributed by atoms with Crippen molar-refractivity contribution in [2.75, 3.05) is 0 Å². The summed E-state index contributed by atoms with van der Waals surface area (Å²) in [5, 5.41) is 3.38. The Balaban J connectivity index is 2.20. The molecule has 0 aliphatic rings. The van der Waals surface area contributed by atoms with Crippen LogP contribution in [0.2, 0.25) is 0 Å². The molecule has 1 heterocycles. The maximum absolute atomic E-state index is 5.93. The molecule has 2 rings (SSSR count). The molecular weight excluding hydrogens is 316 g/mol. The lowest BCUT2D eigenvalue weighted by atomic mass is 10.2. The van der Waals surface area contributed by atoms with Crippen LogP contribution in [0.25, 0.3) is 0 Å². The van der Waals surface area contributed by atoms with Crippen LogP contribution in [-0.4, -0.2) is 11.0 Å². The molecule has 0 saturated heterocycles. The maximum atomic E-state index is 5.93. The zero-order valence-electron chi connectivity index (χ0n) is 12.0. The number of hydrogen-bond donors (Lipinski definition) is 1. The first-order valence-corrected chi connectivity index (χ1v) is 7.47. The Bertz CT molecular complexity index is 584. The van der Waals surface area contributed by atoms with Crippen molar-refractivity contribution in [2.24, 2.45) is 0 Å². The van der Waals surface area contributed by atoms with Gasteiger partial charge in [-0.3, -0.25) is 0 Å². The van der Waals surface area contributed by atoms with Crippen molar-refractivity contribution in [1.82, 2.24) is 10.3 Å². The summed E-state index contributed by atoms with van der Waals surface area (Å²) in [6.45, 7) is 7.03. The van der Waals surface area contributed by atoms with Gasteiger partial charge in [-0.25, -0.2) is 4.98 Å². The van der Waals surface area contributed by atoms with Gasteiger partial charge in [0.15, 0.2) is 0 Å². The largest absolute Gasteiger partial charge is 0.438 e. The van der Waals surface area contributed by atoms with Gasteiger partial charge in [0.2, 0.25) is 5.88 Å². The molecular formula is C16H19BrN2O. The van der Waals surface area contributed by atoms with Gasteiger partial charge in [-0.05, 0) is 46.6 Å². The van der Waals surface area contributed by atoms with Crippen LogP contribution >= 0.6 is 15.9 Å². The minimum Gasteiger partial charge on any atom is -0.438 e. The Morgan fingerprint density at radius 3 is 2.80 bits per heavy atom. The molecule has 2 aromatic rings. The van der Waals surface area contributed by atoms with E-state index in [1.807, 2.05) is 37.3 Å². The molecule has 0 atom stereocenters. The van der Waals surface area contributed by atoms with Gasteiger partial charge in [0.25, 0.3) is 0 Å². The molecule has 3 nitrogen and oxygen atoms in total. The van der Waals surface area contributed by atoms with E-state index in [1.165, 1.54) is 5.56 Å². The van der Waals surface area contributed by atoms with Crippen LogP contribution in [0.3, 0.4) is 0 Å². The molecule has 0 fully saturated rings. The molecule has 106 valence electrons. The summed E-state index contributed by atoms with van der Waals surface area (Å²) in [7, 11) is 0. The number of rotatable bonds is 5. The predicted octanol–water partition coefficient (Wildman–Crippen LogP) is 4.44. The molecule has 0 spiro atoms. The standard InChI is InChI=1S/C16H19BrN2O/c1-11(2)19-10-13-5-4-8-18-16(13)20-15-7-6-12(3)9-14(15)17/h4-9,11,19H,10H2,1-3H3. The average Bonchev–Trinajstić information content (AvgIpc) is 2.41. The number of benzene rings is 1.